The molecule has 1 atom stereocenters. The first-order chi connectivity index (χ1) is 9.99. The van der Waals surface area contributed by atoms with Crippen LogP contribution in [0.3, 0.4) is 0 Å². The van der Waals surface area contributed by atoms with Gasteiger partial charge in [0.1, 0.15) is 0 Å². The molecule has 0 radical (unpaired) electrons. The third kappa shape index (κ3) is 7.66. The molecule has 0 aromatic heterocycles. The number of carboxylic acid groups (broad SMARTS) is 1. The van der Waals surface area contributed by atoms with Gasteiger partial charge in [0.25, 0.3) is 0 Å². The Balaban J connectivity index is 2.28. The lowest BCUT2D eigenvalue weighted by molar-refractivity contribution is -0.137. The molecule has 5 heteroatoms. The highest BCUT2D eigenvalue weighted by Crippen LogP contribution is 2.16. The Labute approximate surface area is 133 Å². The molecular weight excluding hydrogens is 334 g/mol. The van der Waals surface area contributed by atoms with Crippen molar-refractivity contribution in [2.75, 3.05) is 6.54 Å². The van der Waals surface area contributed by atoms with Crippen molar-refractivity contribution in [2.45, 2.75) is 26.2 Å². The molecule has 1 aromatic carbocycles. The lowest BCUT2D eigenvalue weighted by Crippen LogP contribution is -2.23. The number of halogens is 1. The number of carboxylic acids is 1. The van der Waals surface area contributed by atoms with Crippen LogP contribution in [0.2, 0.25) is 0 Å². The van der Waals surface area contributed by atoms with Crippen molar-refractivity contribution in [2.24, 2.45) is 5.92 Å². The van der Waals surface area contributed by atoms with Gasteiger partial charge in [0.2, 0.25) is 5.91 Å². The topological polar surface area (TPSA) is 66.4 Å². The van der Waals surface area contributed by atoms with E-state index in [1.807, 2.05) is 31.2 Å². The molecular formula is C16H20BrNO3. The number of rotatable bonds is 8. The number of nitrogens with one attached hydrogen (secondary N) is 1. The number of benzene rings is 1. The summed E-state index contributed by atoms with van der Waals surface area (Å²) in [5, 5.41) is 11.4. The molecule has 1 rings (SSSR count). The van der Waals surface area contributed by atoms with Crippen LogP contribution in [0, 0.1) is 5.92 Å². The lowest BCUT2D eigenvalue weighted by atomic mass is 10.0. The predicted molar refractivity (Wildman–Crippen MR) is 86.8 cm³/mol. The van der Waals surface area contributed by atoms with E-state index in [0.717, 1.165) is 16.5 Å². The first-order valence-electron chi connectivity index (χ1n) is 6.91. The average molecular weight is 354 g/mol. The average Bonchev–Trinajstić information content (AvgIpc) is 2.44. The zero-order chi connectivity index (χ0) is 15.7. The van der Waals surface area contributed by atoms with Crippen LogP contribution in [0.4, 0.5) is 0 Å². The summed E-state index contributed by atoms with van der Waals surface area (Å²) < 4.78 is 0.941. The van der Waals surface area contributed by atoms with Gasteiger partial charge in [-0.2, -0.15) is 0 Å². The summed E-state index contributed by atoms with van der Waals surface area (Å²) in [6.45, 7) is 2.55. The molecule has 2 N–H and O–H groups in total. The van der Waals surface area contributed by atoms with Crippen molar-refractivity contribution in [3.63, 3.8) is 0 Å². The lowest BCUT2D eigenvalue weighted by Gasteiger charge is -2.09. The van der Waals surface area contributed by atoms with Crippen molar-refractivity contribution >= 4 is 33.9 Å². The van der Waals surface area contributed by atoms with E-state index in [-0.39, 0.29) is 18.2 Å². The standard InChI is InChI=1S/C16H20BrNO3/c1-12(6-9-16(20)21)10-11-18-15(19)8-7-13-4-2-3-5-14(13)17/h2-5,7-8,12H,6,9-11H2,1H3,(H,18,19)(H,20,21). The Morgan fingerprint density at radius 2 is 2.05 bits per heavy atom. The third-order valence-corrected chi connectivity index (χ3v) is 3.83. The quantitative estimate of drug-likeness (QED) is 0.703. The highest BCUT2D eigenvalue weighted by atomic mass is 79.9. The summed E-state index contributed by atoms with van der Waals surface area (Å²) in [5.74, 6) is -0.632. The number of carbonyl (C=O) groups excluding carboxylic acids is 1. The number of hydrogen-bond donors (Lipinski definition) is 2. The Morgan fingerprint density at radius 1 is 1.33 bits per heavy atom. The predicted octanol–water partition coefficient (Wildman–Crippen LogP) is 3.47. The van der Waals surface area contributed by atoms with Crippen LogP contribution < -0.4 is 5.32 Å². The molecule has 0 aliphatic heterocycles. The van der Waals surface area contributed by atoms with Crippen LogP contribution in [0.25, 0.3) is 6.08 Å². The largest absolute Gasteiger partial charge is 0.481 e. The zero-order valence-corrected chi connectivity index (χ0v) is 13.6. The molecule has 0 fully saturated rings. The molecule has 0 bridgehead atoms. The third-order valence-electron chi connectivity index (χ3n) is 3.11. The minimum atomic E-state index is -0.776. The maximum absolute atomic E-state index is 11.7. The molecule has 114 valence electrons. The van der Waals surface area contributed by atoms with Gasteiger partial charge in [0, 0.05) is 23.5 Å². The summed E-state index contributed by atoms with van der Waals surface area (Å²) in [7, 11) is 0. The summed E-state index contributed by atoms with van der Waals surface area (Å²) >= 11 is 3.42. The molecule has 0 saturated carbocycles. The van der Waals surface area contributed by atoms with E-state index in [9.17, 15) is 9.59 Å². The van der Waals surface area contributed by atoms with Gasteiger partial charge in [-0.3, -0.25) is 9.59 Å². The first kappa shape index (κ1) is 17.4. The minimum Gasteiger partial charge on any atom is -0.481 e. The Kier molecular flexibility index (Phi) is 7.75. The number of aliphatic carboxylic acids is 1. The van der Waals surface area contributed by atoms with Crippen LogP contribution in [-0.2, 0) is 9.59 Å². The van der Waals surface area contributed by atoms with E-state index in [2.05, 4.69) is 21.2 Å². The van der Waals surface area contributed by atoms with Crippen LogP contribution in [0.15, 0.2) is 34.8 Å². The number of carbonyl (C=O) groups is 2. The molecule has 0 heterocycles. The second-order valence-corrected chi connectivity index (χ2v) is 5.83. The fourth-order valence-electron chi connectivity index (χ4n) is 1.79. The van der Waals surface area contributed by atoms with Crippen LogP contribution in [0.5, 0.6) is 0 Å². The molecule has 0 saturated heterocycles. The SMILES string of the molecule is CC(CCNC(=O)C=Cc1ccccc1Br)CCC(=O)O. The van der Waals surface area contributed by atoms with Crippen molar-refractivity contribution < 1.29 is 14.7 Å². The second-order valence-electron chi connectivity index (χ2n) is 4.97. The van der Waals surface area contributed by atoms with Crippen LogP contribution in [-0.4, -0.2) is 23.5 Å². The van der Waals surface area contributed by atoms with E-state index < -0.39 is 5.97 Å². The minimum absolute atomic E-state index is 0.142. The van der Waals surface area contributed by atoms with Gasteiger partial charge >= 0.3 is 5.97 Å². The summed E-state index contributed by atoms with van der Waals surface area (Å²) in [6, 6.07) is 7.66. The molecule has 0 aliphatic carbocycles. The second kappa shape index (κ2) is 9.34. The molecule has 1 aromatic rings. The van der Waals surface area contributed by atoms with E-state index >= 15 is 0 Å². The van der Waals surface area contributed by atoms with Crippen LogP contribution >= 0.6 is 15.9 Å². The van der Waals surface area contributed by atoms with Gasteiger partial charge in [-0.05, 0) is 36.5 Å². The molecule has 1 unspecified atom stereocenters. The Morgan fingerprint density at radius 3 is 2.71 bits per heavy atom. The van der Waals surface area contributed by atoms with Crippen molar-refractivity contribution in [1.82, 2.24) is 5.32 Å². The van der Waals surface area contributed by atoms with Gasteiger partial charge in [-0.15, -0.1) is 0 Å². The number of hydrogen-bond acceptors (Lipinski definition) is 2. The Bertz CT molecular complexity index is 514. The molecule has 4 nitrogen and oxygen atoms in total. The molecule has 1 amide bonds. The molecule has 21 heavy (non-hydrogen) atoms. The first-order valence-corrected chi connectivity index (χ1v) is 7.70. The Hall–Kier alpha value is -1.62. The molecule has 0 aliphatic rings. The van der Waals surface area contributed by atoms with Crippen molar-refractivity contribution in [1.29, 1.82) is 0 Å². The van der Waals surface area contributed by atoms with E-state index in [1.165, 1.54) is 6.08 Å². The maximum atomic E-state index is 11.7. The summed E-state index contributed by atoms with van der Waals surface area (Å²) in [4.78, 5) is 22.1. The summed E-state index contributed by atoms with van der Waals surface area (Å²) in [6.07, 6.45) is 4.85. The molecule has 0 spiro atoms. The van der Waals surface area contributed by atoms with Crippen molar-refractivity contribution in [3.05, 3.63) is 40.4 Å². The van der Waals surface area contributed by atoms with E-state index in [1.54, 1.807) is 6.08 Å². The normalized spacial score (nSPS) is 12.3. The van der Waals surface area contributed by atoms with Gasteiger partial charge in [-0.1, -0.05) is 41.1 Å². The van der Waals surface area contributed by atoms with Crippen molar-refractivity contribution in [3.8, 4) is 0 Å². The van der Waals surface area contributed by atoms with E-state index in [4.69, 9.17) is 5.11 Å². The smallest absolute Gasteiger partial charge is 0.303 e. The van der Waals surface area contributed by atoms with E-state index in [0.29, 0.717) is 13.0 Å². The highest BCUT2D eigenvalue weighted by molar-refractivity contribution is 9.10. The monoisotopic (exact) mass is 353 g/mol. The highest BCUT2D eigenvalue weighted by Gasteiger charge is 2.05. The zero-order valence-electron chi connectivity index (χ0n) is 12.0. The van der Waals surface area contributed by atoms with Crippen LogP contribution in [0.1, 0.15) is 31.7 Å². The number of amides is 1. The van der Waals surface area contributed by atoms with Gasteiger partial charge in [0.15, 0.2) is 0 Å². The van der Waals surface area contributed by atoms with Gasteiger partial charge < -0.3 is 10.4 Å². The summed E-state index contributed by atoms with van der Waals surface area (Å²) in [5.41, 5.74) is 0.947. The van der Waals surface area contributed by atoms with Gasteiger partial charge in [0.05, 0.1) is 0 Å². The maximum Gasteiger partial charge on any atom is 0.303 e. The fraction of sp³-hybridized carbons (Fsp3) is 0.375. The fourth-order valence-corrected chi connectivity index (χ4v) is 2.21. The van der Waals surface area contributed by atoms with Gasteiger partial charge in [-0.25, -0.2) is 0 Å².